The number of hydrogen-bond acceptors (Lipinski definition) is 2. The van der Waals surface area contributed by atoms with E-state index in [1.165, 1.54) is 6.08 Å². The van der Waals surface area contributed by atoms with E-state index in [-0.39, 0.29) is 17.8 Å². The molecule has 0 aliphatic heterocycles. The number of carbonyl (C=O) groups excluding carboxylic acids is 1. The van der Waals surface area contributed by atoms with Crippen molar-refractivity contribution < 1.29 is 9.90 Å². The highest BCUT2D eigenvalue weighted by Gasteiger charge is 2.17. The van der Waals surface area contributed by atoms with Crippen molar-refractivity contribution in [1.82, 2.24) is 0 Å². The Balaban J connectivity index is 3.88. The number of hydrogen-bond donors (Lipinski definition) is 1. The second kappa shape index (κ2) is 4.29. The summed E-state index contributed by atoms with van der Waals surface area (Å²) in [4.78, 5) is 11.2. The molecule has 0 aromatic carbocycles. The molecular weight excluding hydrogens is 140 g/mol. The summed E-state index contributed by atoms with van der Waals surface area (Å²) in [5.41, 5.74) is -0.300. The van der Waals surface area contributed by atoms with Crippen molar-refractivity contribution in [2.24, 2.45) is 5.41 Å². The van der Waals surface area contributed by atoms with Gasteiger partial charge in [-0.3, -0.25) is 4.79 Å². The summed E-state index contributed by atoms with van der Waals surface area (Å²) < 4.78 is 0. The molecule has 0 atom stereocenters. The fraction of sp³-hybridized carbons (Fsp3) is 0.667. The fourth-order valence-electron chi connectivity index (χ4n) is 0.515. The number of rotatable bonds is 3. The predicted molar refractivity (Wildman–Crippen MR) is 45.3 cm³/mol. The summed E-state index contributed by atoms with van der Waals surface area (Å²) in [6.07, 6.45) is 3.80. The first-order valence-corrected chi connectivity index (χ1v) is 3.80. The van der Waals surface area contributed by atoms with Gasteiger partial charge in [0.2, 0.25) is 0 Å². The van der Waals surface area contributed by atoms with Gasteiger partial charge in [-0.05, 0) is 12.5 Å². The molecule has 0 saturated heterocycles. The lowest BCUT2D eigenvalue weighted by atomic mass is 9.90. The molecule has 2 nitrogen and oxygen atoms in total. The van der Waals surface area contributed by atoms with Gasteiger partial charge in [0.05, 0.1) is 0 Å². The summed E-state index contributed by atoms with van der Waals surface area (Å²) in [5, 5.41) is 8.42. The monoisotopic (exact) mass is 156 g/mol. The van der Waals surface area contributed by atoms with Crippen molar-refractivity contribution in [3.8, 4) is 0 Å². The standard InChI is InChI=1S/C9H16O2/c1-9(2,3)8(11)6-4-5-7-10/h4,6,10H,5,7H2,1-3H3/b6-4+. The highest BCUT2D eigenvalue weighted by molar-refractivity contribution is 5.93. The normalized spacial score (nSPS) is 12.4. The summed E-state index contributed by atoms with van der Waals surface area (Å²) in [6.45, 7) is 5.73. The Bertz CT molecular complexity index is 151. The fourth-order valence-corrected chi connectivity index (χ4v) is 0.515. The largest absolute Gasteiger partial charge is 0.396 e. The Morgan fingerprint density at radius 1 is 1.45 bits per heavy atom. The van der Waals surface area contributed by atoms with Crippen molar-refractivity contribution in [2.45, 2.75) is 27.2 Å². The molecule has 0 saturated carbocycles. The molecule has 0 spiro atoms. The van der Waals surface area contributed by atoms with Gasteiger partial charge in [-0.1, -0.05) is 26.8 Å². The quantitative estimate of drug-likeness (QED) is 0.629. The lowest BCUT2D eigenvalue weighted by Crippen LogP contribution is -2.17. The van der Waals surface area contributed by atoms with Crippen LogP contribution < -0.4 is 0 Å². The molecule has 0 aliphatic carbocycles. The molecule has 1 N–H and O–H groups in total. The molecule has 0 fully saturated rings. The average Bonchev–Trinajstić information content (AvgIpc) is 1.86. The number of carbonyl (C=O) groups is 1. The second-order valence-corrected chi connectivity index (χ2v) is 3.53. The van der Waals surface area contributed by atoms with Crippen LogP contribution in [0.15, 0.2) is 12.2 Å². The molecule has 2 heteroatoms. The van der Waals surface area contributed by atoms with Crippen LogP contribution in [0.4, 0.5) is 0 Å². The van der Waals surface area contributed by atoms with Crippen LogP contribution in [0, 0.1) is 5.41 Å². The van der Waals surface area contributed by atoms with Gasteiger partial charge in [-0.2, -0.15) is 0 Å². The van der Waals surface area contributed by atoms with Gasteiger partial charge in [-0.15, -0.1) is 0 Å². The smallest absolute Gasteiger partial charge is 0.160 e. The third-order valence-electron chi connectivity index (χ3n) is 1.30. The van der Waals surface area contributed by atoms with Crippen LogP contribution in [0.2, 0.25) is 0 Å². The summed E-state index contributed by atoms with van der Waals surface area (Å²) in [6, 6.07) is 0. The van der Waals surface area contributed by atoms with E-state index in [1.54, 1.807) is 6.08 Å². The minimum Gasteiger partial charge on any atom is -0.396 e. The molecule has 0 aliphatic rings. The molecular formula is C9H16O2. The second-order valence-electron chi connectivity index (χ2n) is 3.53. The third kappa shape index (κ3) is 4.73. The first-order valence-electron chi connectivity index (χ1n) is 3.80. The third-order valence-corrected chi connectivity index (χ3v) is 1.30. The van der Waals surface area contributed by atoms with Crippen LogP contribution >= 0.6 is 0 Å². The van der Waals surface area contributed by atoms with Gasteiger partial charge in [0.25, 0.3) is 0 Å². The van der Waals surface area contributed by atoms with Gasteiger partial charge in [0.15, 0.2) is 5.78 Å². The van der Waals surface area contributed by atoms with Crippen LogP contribution in [-0.2, 0) is 4.79 Å². The summed E-state index contributed by atoms with van der Waals surface area (Å²) in [7, 11) is 0. The van der Waals surface area contributed by atoms with E-state index < -0.39 is 0 Å². The van der Waals surface area contributed by atoms with Crippen LogP contribution in [0.3, 0.4) is 0 Å². The van der Waals surface area contributed by atoms with E-state index in [2.05, 4.69) is 0 Å². The Hall–Kier alpha value is -0.630. The van der Waals surface area contributed by atoms with E-state index in [1.807, 2.05) is 20.8 Å². The van der Waals surface area contributed by atoms with Gasteiger partial charge in [0.1, 0.15) is 0 Å². The topological polar surface area (TPSA) is 37.3 Å². The zero-order valence-corrected chi connectivity index (χ0v) is 7.42. The molecule has 0 heterocycles. The summed E-state index contributed by atoms with van der Waals surface area (Å²) >= 11 is 0. The van der Waals surface area contributed by atoms with E-state index in [0.29, 0.717) is 6.42 Å². The van der Waals surface area contributed by atoms with Crippen molar-refractivity contribution >= 4 is 5.78 Å². The number of aliphatic hydroxyl groups is 1. The highest BCUT2D eigenvalue weighted by Crippen LogP contribution is 2.14. The van der Waals surface area contributed by atoms with E-state index in [9.17, 15) is 4.79 Å². The van der Waals surface area contributed by atoms with Crippen LogP contribution in [-0.4, -0.2) is 17.5 Å². The molecule has 0 rings (SSSR count). The molecule has 0 amide bonds. The van der Waals surface area contributed by atoms with Gasteiger partial charge in [0, 0.05) is 12.0 Å². The Morgan fingerprint density at radius 3 is 2.36 bits per heavy atom. The number of aliphatic hydroxyl groups excluding tert-OH is 1. The van der Waals surface area contributed by atoms with Crippen molar-refractivity contribution in [2.75, 3.05) is 6.61 Å². The molecule has 64 valence electrons. The Kier molecular flexibility index (Phi) is 4.04. The average molecular weight is 156 g/mol. The minimum absolute atomic E-state index is 0.103. The van der Waals surface area contributed by atoms with Gasteiger partial charge < -0.3 is 5.11 Å². The van der Waals surface area contributed by atoms with Crippen molar-refractivity contribution in [1.29, 1.82) is 0 Å². The molecule has 0 aromatic rings. The molecule has 0 unspecified atom stereocenters. The maximum Gasteiger partial charge on any atom is 0.160 e. The van der Waals surface area contributed by atoms with Crippen LogP contribution in [0.5, 0.6) is 0 Å². The summed E-state index contributed by atoms with van der Waals surface area (Å²) in [5.74, 6) is 0.103. The van der Waals surface area contributed by atoms with Crippen molar-refractivity contribution in [3.63, 3.8) is 0 Å². The van der Waals surface area contributed by atoms with E-state index >= 15 is 0 Å². The van der Waals surface area contributed by atoms with Crippen LogP contribution in [0.1, 0.15) is 27.2 Å². The molecule has 11 heavy (non-hydrogen) atoms. The maximum absolute atomic E-state index is 11.2. The zero-order chi connectivity index (χ0) is 8.91. The molecule has 0 bridgehead atoms. The predicted octanol–water partition coefficient (Wildman–Crippen LogP) is 1.54. The SMILES string of the molecule is CC(C)(C)C(=O)/C=C/CCO. The first-order chi connectivity index (χ1) is 4.98. The highest BCUT2D eigenvalue weighted by atomic mass is 16.2. The van der Waals surface area contributed by atoms with Crippen molar-refractivity contribution in [3.05, 3.63) is 12.2 Å². The number of allylic oxidation sites excluding steroid dienone is 1. The minimum atomic E-state index is -0.300. The van der Waals surface area contributed by atoms with E-state index in [4.69, 9.17) is 5.11 Å². The maximum atomic E-state index is 11.2. The Labute approximate surface area is 67.9 Å². The Morgan fingerprint density at radius 2 is 2.00 bits per heavy atom. The van der Waals surface area contributed by atoms with Gasteiger partial charge in [-0.25, -0.2) is 0 Å². The van der Waals surface area contributed by atoms with Gasteiger partial charge >= 0.3 is 0 Å². The number of ketones is 1. The lowest BCUT2D eigenvalue weighted by molar-refractivity contribution is -0.121. The molecule has 0 aromatic heterocycles. The lowest BCUT2D eigenvalue weighted by Gasteiger charge is -2.12. The first kappa shape index (κ1) is 10.4. The van der Waals surface area contributed by atoms with Crippen LogP contribution in [0.25, 0.3) is 0 Å². The zero-order valence-electron chi connectivity index (χ0n) is 7.42. The van der Waals surface area contributed by atoms with E-state index in [0.717, 1.165) is 0 Å². The molecule has 0 radical (unpaired) electrons.